The highest BCUT2D eigenvalue weighted by molar-refractivity contribution is 6.31. The van der Waals surface area contributed by atoms with E-state index >= 15 is 0 Å². The van der Waals surface area contributed by atoms with Crippen LogP contribution in [0.3, 0.4) is 0 Å². The zero-order chi connectivity index (χ0) is 8.55. The Kier molecular flexibility index (Phi) is 1.95. The lowest BCUT2D eigenvalue weighted by atomic mass is 10.1. The monoisotopic (exact) mass is 184 g/mol. The topological polar surface area (TPSA) is 29.5 Å². The second kappa shape index (κ2) is 2.96. The Morgan fingerprint density at radius 2 is 2.42 bits per heavy atom. The van der Waals surface area contributed by atoms with Gasteiger partial charge in [0.15, 0.2) is 0 Å². The van der Waals surface area contributed by atoms with Crippen molar-refractivity contribution in [2.24, 2.45) is 0 Å². The molecule has 0 aliphatic carbocycles. The van der Waals surface area contributed by atoms with Crippen molar-refractivity contribution in [3.63, 3.8) is 0 Å². The van der Waals surface area contributed by atoms with Crippen LogP contribution in [0, 0.1) is 0 Å². The molecule has 1 aliphatic heterocycles. The quantitative estimate of drug-likeness (QED) is 0.719. The third kappa shape index (κ3) is 1.17. The maximum atomic E-state index is 8.86. The van der Waals surface area contributed by atoms with E-state index in [1.807, 2.05) is 18.2 Å². The zero-order valence-corrected chi connectivity index (χ0v) is 7.21. The third-order valence-corrected chi connectivity index (χ3v) is 2.36. The Morgan fingerprint density at radius 1 is 1.58 bits per heavy atom. The molecule has 3 heteroatoms. The molecule has 1 heterocycles. The normalized spacial score (nSPS) is 20.3. The van der Waals surface area contributed by atoms with E-state index in [1.165, 1.54) is 0 Å². The average Bonchev–Trinajstić information content (AvgIpc) is 2.49. The molecule has 1 N–H and O–H groups in total. The van der Waals surface area contributed by atoms with Gasteiger partial charge in [-0.15, -0.1) is 0 Å². The van der Waals surface area contributed by atoms with Gasteiger partial charge < -0.3 is 9.84 Å². The number of fused-ring (bicyclic) bond motifs is 1. The Morgan fingerprint density at radius 3 is 3.08 bits per heavy atom. The van der Waals surface area contributed by atoms with E-state index in [2.05, 4.69) is 0 Å². The average molecular weight is 185 g/mol. The molecule has 0 radical (unpaired) electrons. The van der Waals surface area contributed by atoms with Gasteiger partial charge in [0.2, 0.25) is 0 Å². The summed E-state index contributed by atoms with van der Waals surface area (Å²) in [5.41, 5.74) is 1.01. The maximum Gasteiger partial charge on any atom is 0.126 e. The summed E-state index contributed by atoms with van der Waals surface area (Å²) in [5, 5.41) is 9.59. The number of hydrogen-bond donors (Lipinski definition) is 1. The van der Waals surface area contributed by atoms with Gasteiger partial charge in [-0.3, -0.25) is 0 Å². The third-order valence-electron chi connectivity index (χ3n) is 2.00. The Labute approximate surface area is 75.7 Å². The largest absolute Gasteiger partial charge is 0.487 e. The summed E-state index contributed by atoms with van der Waals surface area (Å²) in [6.07, 6.45) is 0.603. The minimum absolute atomic E-state index is 0.0466. The molecule has 0 saturated carbocycles. The van der Waals surface area contributed by atoms with E-state index in [0.717, 1.165) is 16.3 Å². The minimum Gasteiger partial charge on any atom is -0.487 e. The van der Waals surface area contributed by atoms with Crippen LogP contribution < -0.4 is 4.74 Å². The minimum atomic E-state index is -0.111. The summed E-state index contributed by atoms with van der Waals surface area (Å²) in [7, 11) is 0. The maximum absolute atomic E-state index is 8.86. The highest BCUT2D eigenvalue weighted by Gasteiger charge is 2.23. The number of hydrogen-bond acceptors (Lipinski definition) is 2. The smallest absolute Gasteiger partial charge is 0.126 e. The van der Waals surface area contributed by atoms with E-state index in [4.69, 9.17) is 21.4 Å². The summed E-state index contributed by atoms with van der Waals surface area (Å²) in [6.45, 7) is 0.0466. The molecule has 2 rings (SSSR count). The fourth-order valence-electron chi connectivity index (χ4n) is 1.40. The summed E-state index contributed by atoms with van der Waals surface area (Å²) >= 11 is 5.93. The fourth-order valence-corrected chi connectivity index (χ4v) is 1.64. The van der Waals surface area contributed by atoms with Gasteiger partial charge in [0.25, 0.3) is 0 Å². The molecular formula is C9H9ClO2. The molecule has 0 saturated heterocycles. The molecule has 1 atom stereocenters. The van der Waals surface area contributed by atoms with Gasteiger partial charge in [-0.1, -0.05) is 17.7 Å². The molecule has 1 aliphatic rings. The van der Waals surface area contributed by atoms with Crippen molar-refractivity contribution < 1.29 is 9.84 Å². The van der Waals surface area contributed by atoms with Crippen LogP contribution in [0.1, 0.15) is 5.56 Å². The second-order valence-corrected chi connectivity index (χ2v) is 3.25. The lowest BCUT2D eigenvalue weighted by molar-refractivity contribution is 0.134. The molecule has 12 heavy (non-hydrogen) atoms. The van der Waals surface area contributed by atoms with Gasteiger partial charge in [-0.05, 0) is 12.1 Å². The number of aliphatic hydroxyl groups excluding tert-OH is 1. The van der Waals surface area contributed by atoms with E-state index in [1.54, 1.807) is 0 Å². The first-order chi connectivity index (χ1) is 5.81. The van der Waals surface area contributed by atoms with Crippen molar-refractivity contribution in [2.75, 3.05) is 6.61 Å². The molecular weight excluding hydrogens is 176 g/mol. The highest BCUT2D eigenvalue weighted by atomic mass is 35.5. The fraction of sp³-hybridized carbons (Fsp3) is 0.333. The Bertz CT molecular complexity index is 299. The first-order valence-electron chi connectivity index (χ1n) is 3.86. The Balaban J connectivity index is 2.35. The van der Waals surface area contributed by atoms with E-state index in [0.29, 0.717) is 6.42 Å². The van der Waals surface area contributed by atoms with Crippen molar-refractivity contribution in [2.45, 2.75) is 12.5 Å². The molecule has 2 nitrogen and oxygen atoms in total. The summed E-state index contributed by atoms with van der Waals surface area (Å²) in [6, 6.07) is 5.56. The SMILES string of the molecule is OCC1Cc2c(Cl)cccc2O1. The van der Waals surface area contributed by atoms with Crippen molar-refractivity contribution in [1.29, 1.82) is 0 Å². The molecule has 1 aromatic rings. The van der Waals surface area contributed by atoms with Crippen LogP contribution in [-0.4, -0.2) is 17.8 Å². The molecule has 0 fully saturated rings. The van der Waals surface area contributed by atoms with Crippen molar-refractivity contribution in [3.05, 3.63) is 28.8 Å². The van der Waals surface area contributed by atoms with Gasteiger partial charge >= 0.3 is 0 Å². The van der Waals surface area contributed by atoms with Crippen LogP contribution in [0.25, 0.3) is 0 Å². The van der Waals surface area contributed by atoms with Crippen LogP contribution in [0.4, 0.5) is 0 Å². The number of aliphatic hydroxyl groups is 1. The second-order valence-electron chi connectivity index (χ2n) is 2.84. The lowest BCUT2D eigenvalue weighted by Gasteiger charge is -2.04. The van der Waals surface area contributed by atoms with E-state index < -0.39 is 0 Å². The van der Waals surface area contributed by atoms with Gasteiger partial charge in [0.1, 0.15) is 11.9 Å². The number of ether oxygens (including phenoxy) is 1. The summed E-state index contributed by atoms with van der Waals surface area (Å²) in [4.78, 5) is 0. The predicted octanol–water partition coefficient (Wildman–Crippen LogP) is 1.64. The molecule has 64 valence electrons. The first-order valence-corrected chi connectivity index (χ1v) is 4.24. The van der Waals surface area contributed by atoms with Gasteiger partial charge in [0.05, 0.1) is 6.61 Å². The molecule has 1 unspecified atom stereocenters. The molecule has 0 bridgehead atoms. The lowest BCUT2D eigenvalue weighted by Crippen LogP contribution is -2.17. The predicted molar refractivity (Wildman–Crippen MR) is 46.7 cm³/mol. The van der Waals surface area contributed by atoms with Crippen LogP contribution in [0.5, 0.6) is 5.75 Å². The van der Waals surface area contributed by atoms with Crippen LogP contribution in [0.15, 0.2) is 18.2 Å². The number of halogens is 1. The van der Waals surface area contributed by atoms with Crippen molar-refractivity contribution in [1.82, 2.24) is 0 Å². The van der Waals surface area contributed by atoms with Crippen LogP contribution >= 0.6 is 11.6 Å². The van der Waals surface area contributed by atoms with Crippen LogP contribution in [-0.2, 0) is 6.42 Å². The summed E-state index contributed by atoms with van der Waals surface area (Å²) < 4.78 is 5.40. The Hall–Kier alpha value is -0.730. The number of benzene rings is 1. The first kappa shape index (κ1) is 7.90. The summed E-state index contributed by atoms with van der Waals surface area (Å²) in [5.74, 6) is 0.807. The molecule has 1 aromatic carbocycles. The highest BCUT2D eigenvalue weighted by Crippen LogP contribution is 2.33. The van der Waals surface area contributed by atoms with Crippen molar-refractivity contribution >= 4 is 11.6 Å². The van der Waals surface area contributed by atoms with Crippen LogP contribution in [0.2, 0.25) is 5.02 Å². The van der Waals surface area contributed by atoms with Gasteiger partial charge in [-0.25, -0.2) is 0 Å². The molecule has 0 amide bonds. The standard InChI is InChI=1S/C9H9ClO2/c10-8-2-1-3-9-7(8)4-6(5-11)12-9/h1-3,6,11H,4-5H2. The van der Waals surface area contributed by atoms with Gasteiger partial charge in [-0.2, -0.15) is 0 Å². The molecule has 0 aromatic heterocycles. The van der Waals surface area contributed by atoms with Gasteiger partial charge in [0, 0.05) is 17.0 Å². The van der Waals surface area contributed by atoms with E-state index in [-0.39, 0.29) is 12.7 Å². The zero-order valence-electron chi connectivity index (χ0n) is 6.46. The van der Waals surface area contributed by atoms with E-state index in [9.17, 15) is 0 Å². The molecule has 0 spiro atoms. The van der Waals surface area contributed by atoms with Crippen molar-refractivity contribution in [3.8, 4) is 5.75 Å². The number of rotatable bonds is 1.